The highest BCUT2D eigenvalue weighted by atomic mass is 16.5. The zero-order valence-electron chi connectivity index (χ0n) is 16.6. The number of fused-ring (bicyclic) bond motifs is 1. The highest BCUT2D eigenvalue weighted by Gasteiger charge is 2.13. The monoisotopic (exact) mass is 405 g/mol. The topological polar surface area (TPSA) is 56.1 Å². The highest BCUT2D eigenvalue weighted by Crippen LogP contribution is 2.29. The minimum absolute atomic E-state index is 0.222. The maximum atomic E-state index is 12.9. The van der Waals surface area contributed by atoms with E-state index in [4.69, 9.17) is 4.74 Å². The van der Waals surface area contributed by atoms with Gasteiger partial charge in [-0.1, -0.05) is 48.5 Å². The molecule has 0 aliphatic carbocycles. The number of hydrogen-bond donors (Lipinski definition) is 1. The van der Waals surface area contributed by atoms with Crippen LogP contribution in [0.2, 0.25) is 0 Å². The number of carbonyl (C=O) groups is 1. The second kappa shape index (κ2) is 8.16. The molecule has 5 rings (SSSR count). The number of anilines is 1. The maximum absolute atomic E-state index is 12.9. The van der Waals surface area contributed by atoms with Gasteiger partial charge in [0.25, 0.3) is 5.91 Å². The molecule has 0 unspecified atom stereocenters. The van der Waals surface area contributed by atoms with E-state index in [1.54, 1.807) is 18.5 Å². The molecule has 0 saturated carbocycles. The van der Waals surface area contributed by atoms with Crippen LogP contribution >= 0.6 is 0 Å². The van der Waals surface area contributed by atoms with Crippen LogP contribution in [0.15, 0.2) is 109 Å². The third kappa shape index (κ3) is 3.89. The molecule has 31 heavy (non-hydrogen) atoms. The van der Waals surface area contributed by atoms with Crippen molar-refractivity contribution in [3.05, 3.63) is 115 Å². The number of hydrogen-bond acceptors (Lipinski definition) is 3. The van der Waals surface area contributed by atoms with Gasteiger partial charge in [0.15, 0.2) is 5.75 Å². The molecule has 0 saturated heterocycles. The normalized spacial score (nSPS) is 10.7. The van der Waals surface area contributed by atoms with Crippen molar-refractivity contribution in [2.24, 2.45) is 0 Å². The number of aromatic nitrogens is 2. The minimum Gasteiger partial charge on any atom is -0.455 e. The molecule has 0 aliphatic heterocycles. The first-order chi connectivity index (χ1) is 15.3. The van der Waals surface area contributed by atoms with Crippen molar-refractivity contribution >= 4 is 22.6 Å². The van der Waals surface area contributed by atoms with Gasteiger partial charge in [0.2, 0.25) is 0 Å². The lowest BCUT2D eigenvalue weighted by Crippen LogP contribution is -2.12. The van der Waals surface area contributed by atoms with Crippen LogP contribution in [0.5, 0.6) is 11.5 Å². The van der Waals surface area contributed by atoms with Gasteiger partial charge < -0.3 is 10.1 Å². The molecule has 1 amide bonds. The van der Waals surface area contributed by atoms with Crippen molar-refractivity contribution in [3.63, 3.8) is 0 Å². The fourth-order valence-electron chi connectivity index (χ4n) is 3.42. The largest absolute Gasteiger partial charge is 0.455 e. The van der Waals surface area contributed by atoms with Crippen LogP contribution in [-0.4, -0.2) is 15.5 Å². The summed E-state index contributed by atoms with van der Waals surface area (Å²) in [5.74, 6) is 1.06. The number of imidazole rings is 1. The summed E-state index contributed by atoms with van der Waals surface area (Å²) >= 11 is 0. The van der Waals surface area contributed by atoms with Crippen molar-refractivity contribution in [1.29, 1.82) is 0 Å². The highest BCUT2D eigenvalue weighted by molar-refractivity contribution is 6.06. The average Bonchev–Trinajstić information content (AvgIpc) is 3.25. The molecule has 5 nitrogen and oxygen atoms in total. The van der Waals surface area contributed by atoms with Crippen LogP contribution in [0, 0.1) is 0 Å². The van der Waals surface area contributed by atoms with Gasteiger partial charge in [-0.3, -0.25) is 9.36 Å². The SMILES string of the molecule is O=C(Nc1ccccc1Oc1ccccc1)c1ccc2c(c1)ncn2-c1ccccc1. The molecule has 0 atom stereocenters. The van der Waals surface area contributed by atoms with Gasteiger partial charge in [-0.05, 0) is 54.6 Å². The molecular formula is C26H19N3O2. The molecule has 0 spiro atoms. The van der Waals surface area contributed by atoms with Crippen LogP contribution < -0.4 is 10.1 Å². The Hall–Kier alpha value is -4.38. The van der Waals surface area contributed by atoms with Gasteiger partial charge in [-0.2, -0.15) is 0 Å². The van der Waals surface area contributed by atoms with Crippen molar-refractivity contribution in [1.82, 2.24) is 9.55 Å². The van der Waals surface area contributed by atoms with Crippen LogP contribution in [0.4, 0.5) is 5.69 Å². The Kier molecular flexibility index (Phi) is 4.91. The number of nitrogens with zero attached hydrogens (tertiary/aromatic N) is 2. The standard InChI is InChI=1S/C26H19N3O2/c30-26(28-22-13-7-8-14-25(22)31-21-11-5-2-6-12-21)19-15-16-24-23(17-19)27-18-29(24)20-9-3-1-4-10-20/h1-18H,(H,28,30). The van der Waals surface area contributed by atoms with E-state index in [0.29, 0.717) is 22.7 Å². The molecule has 0 bridgehead atoms. The Morgan fingerprint density at radius 3 is 2.32 bits per heavy atom. The Bertz CT molecular complexity index is 1350. The quantitative estimate of drug-likeness (QED) is 0.386. The number of amides is 1. The number of ether oxygens (including phenoxy) is 1. The third-order valence-electron chi connectivity index (χ3n) is 4.95. The Morgan fingerprint density at radius 1 is 0.806 bits per heavy atom. The van der Waals surface area contributed by atoms with Crippen LogP contribution in [0.3, 0.4) is 0 Å². The molecule has 1 heterocycles. The third-order valence-corrected chi connectivity index (χ3v) is 4.95. The molecule has 150 valence electrons. The molecule has 1 aromatic heterocycles. The smallest absolute Gasteiger partial charge is 0.255 e. The zero-order chi connectivity index (χ0) is 21.0. The second-order valence-corrected chi connectivity index (χ2v) is 7.02. The number of nitrogens with one attached hydrogen (secondary N) is 1. The van der Waals surface area contributed by atoms with E-state index in [0.717, 1.165) is 16.7 Å². The first kappa shape index (κ1) is 18.6. The van der Waals surface area contributed by atoms with Gasteiger partial charge in [0, 0.05) is 11.3 Å². The van der Waals surface area contributed by atoms with Crippen molar-refractivity contribution in [2.45, 2.75) is 0 Å². The lowest BCUT2D eigenvalue weighted by Gasteiger charge is -2.12. The predicted molar refractivity (Wildman–Crippen MR) is 122 cm³/mol. The minimum atomic E-state index is -0.222. The van der Waals surface area contributed by atoms with E-state index in [9.17, 15) is 4.79 Å². The van der Waals surface area contributed by atoms with Crippen molar-refractivity contribution in [2.75, 3.05) is 5.32 Å². The number of rotatable bonds is 5. The zero-order valence-corrected chi connectivity index (χ0v) is 16.6. The van der Waals surface area contributed by atoms with Gasteiger partial charge >= 0.3 is 0 Å². The lowest BCUT2D eigenvalue weighted by molar-refractivity contribution is 0.102. The summed E-state index contributed by atoms with van der Waals surface area (Å²) in [5, 5.41) is 2.95. The molecule has 5 aromatic rings. The van der Waals surface area contributed by atoms with Gasteiger partial charge in [-0.15, -0.1) is 0 Å². The van der Waals surface area contributed by atoms with Gasteiger partial charge in [0.05, 0.1) is 16.7 Å². The summed E-state index contributed by atoms with van der Waals surface area (Å²) in [7, 11) is 0. The van der Waals surface area contributed by atoms with Crippen LogP contribution in [-0.2, 0) is 0 Å². The van der Waals surface area contributed by atoms with Crippen molar-refractivity contribution in [3.8, 4) is 17.2 Å². The Labute approximate surface area is 179 Å². The molecule has 0 radical (unpaired) electrons. The lowest BCUT2D eigenvalue weighted by atomic mass is 10.1. The number of para-hydroxylation sites is 4. The molecule has 4 aromatic carbocycles. The summed E-state index contributed by atoms with van der Waals surface area (Å²) in [5.41, 5.74) is 3.85. The summed E-state index contributed by atoms with van der Waals surface area (Å²) in [4.78, 5) is 17.4. The number of benzene rings is 4. The molecule has 0 fully saturated rings. The molecule has 5 heteroatoms. The Balaban J connectivity index is 1.40. The van der Waals surface area contributed by atoms with Crippen LogP contribution in [0.1, 0.15) is 10.4 Å². The molecular weight excluding hydrogens is 386 g/mol. The summed E-state index contributed by atoms with van der Waals surface area (Å²) < 4.78 is 7.94. The van der Waals surface area contributed by atoms with E-state index in [2.05, 4.69) is 10.3 Å². The molecule has 0 aliphatic rings. The fourth-order valence-corrected chi connectivity index (χ4v) is 3.42. The number of carbonyl (C=O) groups excluding carboxylic acids is 1. The first-order valence-corrected chi connectivity index (χ1v) is 9.94. The molecule has 1 N–H and O–H groups in total. The fraction of sp³-hybridized carbons (Fsp3) is 0. The van der Waals surface area contributed by atoms with E-state index in [1.165, 1.54) is 0 Å². The first-order valence-electron chi connectivity index (χ1n) is 9.94. The maximum Gasteiger partial charge on any atom is 0.255 e. The average molecular weight is 405 g/mol. The summed E-state index contributed by atoms with van der Waals surface area (Å²) in [6, 6.07) is 32.3. The summed E-state index contributed by atoms with van der Waals surface area (Å²) in [6.07, 6.45) is 1.77. The predicted octanol–water partition coefficient (Wildman–Crippen LogP) is 6.07. The van der Waals surface area contributed by atoms with E-state index >= 15 is 0 Å². The Morgan fingerprint density at radius 2 is 1.52 bits per heavy atom. The van der Waals surface area contributed by atoms with Crippen LogP contribution in [0.25, 0.3) is 16.7 Å². The van der Waals surface area contributed by atoms with E-state index in [1.807, 2.05) is 95.6 Å². The van der Waals surface area contributed by atoms with E-state index < -0.39 is 0 Å². The second-order valence-electron chi connectivity index (χ2n) is 7.02. The summed E-state index contributed by atoms with van der Waals surface area (Å²) in [6.45, 7) is 0. The van der Waals surface area contributed by atoms with Crippen molar-refractivity contribution < 1.29 is 9.53 Å². The van der Waals surface area contributed by atoms with Gasteiger partial charge in [-0.25, -0.2) is 4.98 Å². The van der Waals surface area contributed by atoms with Gasteiger partial charge in [0.1, 0.15) is 12.1 Å². The van der Waals surface area contributed by atoms with E-state index in [-0.39, 0.29) is 5.91 Å².